The van der Waals surface area contributed by atoms with E-state index >= 15 is 0 Å². The molecule has 0 radical (unpaired) electrons. The van der Waals surface area contributed by atoms with Gasteiger partial charge in [-0.1, -0.05) is 36.4 Å². The van der Waals surface area contributed by atoms with Crippen molar-refractivity contribution in [1.82, 2.24) is 0 Å². The van der Waals surface area contributed by atoms with Gasteiger partial charge in [0.25, 0.3) is 0 Å². The van der Waals surface area contributed by atoms with Gasteiger partial charge >= 0.3 is 0 Å². The maximum atomic E-state index is 11.4. The van der Waals surface area contributed by atoms with Crippen molar-refractivity contribution in [3.8, 4) is 0 Å². The summed E-state index contributed by atoms with van der Waals surface area (Å²) in [7, 11) is 0. The molecule has 1 aromatic carbocycles. The first-order valence-electron chi connectivity index (χ1n) is 4.51. The summed E-state index contributed by atoms with van der Waals surface area (Å²) in [5.74, 6) is -0.261. The molecule has 1 atom stereocenters. The number of aliphatic hydroxyl groups is 1. The van der Waals surface area contributed by atoms with Crippen molar-refractivity contribution in [2.24, 2.45) is 0 Å². The Kier molecular flexibility index (Phi) is 3.20. The third kappa shape index (κ3) is 1.91. The van der Waals surface area contributed by atoms with E-state index in [4.69, 9.17) is 0 Å². The van der Waals surface area contributed by atoms with Crippen LogP contribution in [-0.2, 0) is 10.4 Å². The Balaban J connectivity index is 3.12. The zero-order valence-electron chi connectivity index (χ0n) is 8.23. The summed E-state index contributed by atoms with van der Waals surface area (Å²) in [5, 5.41) is 10.1. The SMILES string of the molecule is C=CC[C@](O)(C(C)=O)c1ccccc1. The largest absolute Gasteiger partial charge is 0.377 e. The number of hydrogen-bond acceptors (Lipinski definition) is 2. The number of ketones is 1. The molecule has 0 unspecified atom stereocenters. The first-order valence-corrected chi connectivity index (χ1v) is 4.51. The third-order valence-corrected chi connectivity index (χ3v) is 2.27. The second-order valence-corrected chi connectivity index (χ2v) is 3.28. The number of Topliss-reactive ketones (excluding diaryl/α,β-unsaturated/α-hetero) is 1. The minimum atomic E-state index is -1.41. The highest BCUT2D eigenvalue weighted by Gasteiger charge is 2.32. The molecular formula is C12H14O2. The van der Waals surface area contributed by atoms with E-state index in [9.17, 15) is 9.90 Å². The standard InChI is InChI=1S/C12H14O2/c1-3-9-12(14,10(2)13)11-7-5-4-6-8-11/h3-8,14H,1,9H2,2H3/t12-/m0/s1. The Bertz CT molecular complexity index is 329. The van der Waals surface area contributed by atoms with Crippen LogP contribution in [0.15, 0.2) is 43.0 Å². The molecule has 0 aliphatic carbocycles. The molecule has 2 nitrogen and oxygen atoms in total. The fourth-order valence-electron chi connectivity index (χ4n) is 1.39. The van der Waals surface area contributed by atoms with Crippen LogP contribution in [0.3, 0.4) is 0 Å². The summed E-state index contributed by atoms with van der Waals surface area (Å²) < 4.78 is 0. The third-order valence-electron chi connectivity index (χ3n) is 2.27. The number of rotatable bonds is 4. The highest BCUT2D eigenvalue weighted by atomic mass is 16.3. The highest BCUT2D eigenvalue weighted by molar-refractivity contribution is 5.86. The second kappa shape index (κ2) is 4.20. The van der Waals surface area contributed by atoms with Gasteiger partial charge in [-0.25, -0.2) is 0 Å². The van der Waals surface area contributed by atoms with E-state index in [-0.39, 0.29) is 12.2 Å². The molecule has 1 N–H and O–H groups in total. The van der Waals surface area contributed by atoms with Crippen LogP contribution < -0.4 is 0 Å². The fourth-order valence-corrected chi connectivity index (χ4v) is 1.39. The smallest absolute Gasteiger partial charge is 0.166 e. The highest BCUT2D eigenvalue weighted by Crippen LogP contribution is 2.26. The minimum Gasteiger partial charge on any atom is -0.377 e. The fraction of sp³-hybridized carbons (Fsp3) is 0.250. The Morgan fingerprint density at radius 2 is 2.07 bits per heavy atom. The summed E-state index contributed by atoms with van der Waals surface area (Å²) >= 11 is 0. The van der Waals surface area contributed by atoms with Gasteiger partial charge in [0, 0.05) is 6.42 Å². The van der Waals surface area contributed by atoms with E-state index in [0.29, 0.717) is 5.56 Å². The average molecular weight is 190 g/mol. The van der Waals surface area contributed by atoms with E-state index in [0.717, 1.165) is 0 Å². The van der Waals surface area contributed by atoms with Crippen LogP contribution in [0.1, 0.15) is 18.9 Å². The zero-order valence-corrected chi connectivity index (χ0v) is 8.23. The molecule has 2 heteroatoms. The lowest BCUT2D eigenvalue weighted by Crippen LogP contribution is -2.33. The van der Waals surface area contributed by atoms with E-state index in [1.54, 1.807) is 30.3 Å². The van der Waals surface area contributed by atoms with Gasteiger partial charge in [-0.3, -0.25) is 4.79 Å². The Morgan fingerprint density at radius 1 is 1.50 bits per heavy atom. The number of carbonyl (C=O) groups excluding carboxylic acids is 1. The monoisotopic (exact) mass is 190 g/mol. The predicted molar refractivity (Wildman–Crippen MR) is 55.8 cm³/mol. The van der Waals surface area contributed by atoms with E-state index in [1.165, 1.54) is 6.92 Å². The summed E-state index contributed by atoms with van der Waals surface area (Å²) in [4.78, 5) is 11.4. The van der Waals surface area contributed by atoms with Gasteiger partial charge in [-0.15, -0.1) is 6.58 Å². The molecule has 0 spiro atoms. The first kappa shape index (κ1) is 10.7. The molecular weight excluding hydrogens is 176 g/mol. The molecule has 0 saturated carbocycles. The molecule has 0 aliphatic heterocycles. The molecule has 0 aliphatic rings. The predicted octanol–water partition coefficient (Wildman–Crippen LogP) is 2.04. The number of benzene rings is 1. The van der Waals surface area contributed by atoms with Crippen molar-refractivity contribution in [3.05, 3.63) is 48.6 Å². The van der Waals surface area contributed by atoms with E-state index in [1.807, 2.05) is 6.07 Å². The summed E-state index contributed by atoms with van der Waals surface area (Å²) in [6.07, 6.45) is 1.79. The molecule has 0 aromatic heterocycles. The van der Waals surface area contributed by atoms with Gasteiger partial charge in [-0.05, 0) is 12.5 Å². The van der Waals surface area contributed by atoms with Gasteiger partial charge in [0.05, 0.1) is 0 Å². The van der Waals surface area contributed by atoms with Gasteiger partial charge in [-0.2, -0.15) is 0 Å². The summed E-state index contributed by atoms with van der Waals surface area (Å²) in [6.45, 7) is 4.93. The Labute approximate surface area is 83.9 Å². The lowest BCUT2D eigenvalue weighted by molar-refractivity contribution is -0.135. The van der Waals surface area contributed by atoms with E-state index in [2.05, 4.69) is 6.58 Å². The normalized spacial score (nSPS) is 14.4. The maximum absolute atomic E-state index is 11.4. The van der Waals surface area contributed by atoms with Crippen LogP contribution in [0.4, 0.5) is 0 Å². The molecule has 14 heavy (non-hydrogen) atoms. The van der Waals surface area contributed by atoms with Gasteiger partial charge < -0.3 is 5.11 Å². The van der Waals surface area contributed by atoms with Crippen molar-refractivity contribution in [2.75, 3.05) is 0 Å². The van der Waals surface area contributed by atoms with Crippen LogP contribution in [0.2, 0.25) is 0 Å². The van der Waals surface area contributed by atoms with Crippen molar-refractivity contribution in [2.45, 2.75) is 18.9 Å². The molecule has 0 bridgehead atoms. The van der Waals surface area contributed by atoms with Crippen LogP contribution in [-0.4, -0.2) is 10.9 Å². The molecule has 74 valence electrons. The van der Waals surface area contributed by atoms with Crippen molar-refractivity contribution in [3.63, 3.8) is 0 Å². The van der Waals surface area contributed by atoms with Crippen LogP contribution in [0.25, 0.3) is 0 Å². The van der Waals surface area contributed by atoms with Gasteiger partial charge in [0.15, 0.2) is 11.4 Å². The van der Waals surface area contributed by atoms with Crippen LogP contribution >= 0.6 is 0 Å². The zero-order chi connectivity index (χ0) is 10.6. The topological polar surface area (TPSA) is 37.3 Å². The minimum absolute atomic E-state index is 0.242. The molecule has 0 fully saturated rings. The number of carbonyl (C=O) groups is 1. The molecule has 0 heterocycles. The van der Waals surface area contributed by atoms with Gasteiger partial charge in [0.1, 0.15) is 0 Å². The van der Waals surface area contributed by atoms with E-state index < -0.39 is 5.60 Å². The van der Waals surface area contributed by atoms with Crippen molar-refractivity contribution in [1.29, 1.82) is 0 Å². The first-order chi connectivity index (χ1) is 6.61. The maximum Gasteiger partial charge on any atom is 0.166 e. The van der Waals surface area contributed by atoms with Crippen molar-refractivity contribution >= 4 is 5.78 Å². The number of hydrogen-bond donors (Lipinski definition) is 1. The second-order valence-electron chi connectivity index (χ2n) is 3.28. The lowest BCUT2D eigenvalue weighted by atomic mass is 9.87. The van der Waals surface area contributed by atoms with Crippen LogP contribution in [0.5, 0.6) is 0 Å². The molecule has 0 saturated heterocycles. The quantitative estimate of drug-likeness (QED) is 0.738. The van der Waals surface area contributed by atoms with Gasteiger partial charge in [0.2, 0.25) is 0 Å². The molecule has 1 rings (SSSR count). The molecule has 1 aromatic rings. The van der Waals surface area contributed by atoms with Crippen molar-refractivity contribution < 1.29 is 9.90 Å². The average Bonchev–Trinajstić information content (AvgIpc) is 2.19. The summed E-state index contributed by atoms with van der Waals surface area (Å²) in [6, 6.07) is 8.92. The Hall–Kier alpha value is -1.41. The molecule has 0 amide bonds. The Morgan fingerprint density at radius 3 is 2.50 bits per heavy atom. The summed E-state index contributed by atoms with van der Waals surface area (Å²) in [5.41, 5.74) is -0.796. The lowest BCUT2D eigenvalue weighted by Gasteiger charge is -2.24. The van der Waals surface area contributed by atoms with Crippen LogP contribution in [0, 0.1) is 0 Å².